The molecule has 1 fully saturated rings. The third-order valence-corrected chi connectivity index (χ3v) is 5.94. The highest BCUT2D eigenvalue weighted by Gasteiger charge is 2.50. The van der Waals surface area contributed by atoms with Gasteiger partial charge in [0.2, 0.25) is 5.78 Å². The van der Waals surface area contributed by atoms with E-state index in [1.54, 1.807) is 35.8 Å². The average molecular weight is 426 g/mol. The second-order valence-corrected chi connectivity index (χ2v) is 7.73. The summed E-state index contributed by atoms with van der Waals surface area (Å²) < 4.78 is 20.0. The van der Waals surface area contributed by atoms with Crippen LogP contribution in [0.1, 0.15) is 43.1 Å². The van der Waals surface area contributed by atoms with Crippen molar-refractivity contribution in [1.29, 1.82) is 0 Å². The lowest BCUT2D eigenvalue weighted by atomic mass is 9.84. The average Bonchev–Trinajstić information content (AvgIpc) is 3.40. The fourth-order valence-corrected chi connectivity index (χ4v) is 4.58. The molecular weight excluding hydrogens is 403 g/mol. The number of benzene rings is 1. The van der Waals surface area contributed by atoms with Gasteiger partial charge in [-0.25, -0.2) is 4.39 Å². The Balaban J connectivity index is 1.77. The zero-order valence-electron chi connectivity index (χ0n) is 17.1. The van der Waals surface area contributed by atoms with Gasteiger partial charge in [0, 0.05) is 5.69 Å². The third kappa shape index (κ3) is 3.41. The number of rotatable bonds is 5. The van der Waals surface area contributed by atoms with Gasteiger partial charge in [0.25, 0.3) is 5.91 Å². The maximum atomic E-state index is 13.4. The third-order valence-electron chi connectivity index (χ3n) is 5.94. The molecule has 0 radical (unpaired) electrons. The highest BCUT2D eigenvalue weighted by atomic mass is 19.1. The van der Waals surface area contributed by atoms with Crippen LogP contribution in [0.25, 0.3) is 11.3 Å². The van der Waals surface area contributed by atoms with Crippen LogP contribution in [-0.4, -0.2) is 40.5 Å². The monoisotopic (exact) mass is 426 g/mol. The molecule has 1 aliphatic carbocycles. The normalized spacial score (nSPS) is 17.0. The number of Topliss-reactive ketones (excluding diaryl/α,β-unsaturated/α-hetero) is 1. The predicted molar refractivity (Wildman–Crippen MR) is 110 cm³/mol. The van der Waals surface area contributed by atoms with E-state index in [2.05, 4.69) is 5.32 Å². The number of carbonyl (C=O) groups is 3. The number of carbonyl (C=O) groups excluding carboxylic acids is 3. The Labute approximate surface area is 178 Å². The van der Waals surface area contributed by atoms with Gasteiger partial charge in [-0.05, 0) is 61.7 Å². The number of amides is 1. The number of ketones is 1. The fraction of sp³-hybridized carbons (Fsp3) is 0.348. The number of nitrogens with one attached hydrogen (secondary N) is 1. The largest absolute Gasteiger partial charge is 0.509 e. The number of aromatic nitrogens is 1. The van der Waals surface area contributed by atoms with E-state index in [1.165, 1.54) is 12.1 Å². The van der Waals surface area contributed by atoms with Crippen molar-refractivity contribution in [2.75, 3.05) is 13.2 Å². The van der Waals surface area contributed by atoms with Crippen molar-refractivity contribution in [3.63, 3.8) is 0 Å². The van der Waals surface area contributed by atoms with Gasteiger partial charge in [-0.2, -0.15) is 0 Å². The summed E-state index contributed by atoms with van der Waals surface area (Å²) in [6.07, 6.45) is 2.74. The van der Waals surface area contributed by atoms with Crippen LogP contribution in [0.4, 0.5) is 4.39 Å². The van der Waals surface area contributed by atoms with Crippen LogP contribution in [0.5, 0.6) is 0 Å². The molecule has 2 heterocycles. The molecule has 1 saturated carbocycles. The number of hydrogen-bond acceptors (Lipinski definition) is 5. The highest BCUT2D eigenvalue weighted by Crippen LogP contribution is 2.49. The summed E-state index contributed by atoms with van der Waals surface area (Å²) in [6.45, 7) is 1.42. The van der Waals surface area contributed by atoms with Gasteiger partial charge >= 0.3 is 5.97 Å². The summed E-state index contributed by atoms with van der Waals surface area (Å²) >= 11 is 0. The molecule has 2 aliphatic rings. The molecule has 7 nitrogen and oxygen atoms in total. The van der Waals surface area contributed by atoms with E-state index < -0.39 is 29.7 Å². The van der Waals surface area contributed by atoms with Crippen molar-refractivity contribution in [2.45, 2.75) is 38.1 Å². The Morgan fingerprint density at radius 2 is 1.77 bits per heavy atom. The number of ether oxygens (including phenoxy) is 1. The van der Waals surface area contributed by atoms with Crippen molar-refractivity contribution in [3.05, 3.63) is 59.2 Å². The molecule has 0 atom stereocenters. The molecule has 162 valence electrons. The topological polar surface area (TPSA) is 97.6 Å². The molecule has 0 bridgehead atoms. The van der Waals surface area contributed by atoms with Crippen LogP contribution in [0.3, 0.4) is 0 Å². The van der Waals surface area contributed by atoms with Crippen molar-refractivity contribution in [3.8, 4) is 11.3 Å². The lowest BCUT2D eigenvalue weighted by molar-refractivity contribution is -0.143. The molecule has 4 rings (SSSR count). The van der Waals surface area contributed by atoms with Crippen molar-refractivity contribution in [2.24, 2.45) is 0 Å². The first-order valence-corrected chi connectivity index (χ1v) is 10.3. The number of allylic oxidation sites excluding steroid dienone is 1. The van der Waals surface area contributed by atoms with Crippen LogP contribution >= 0.6 is 0 Å². The number of aliphatic hydroxyl groups is 1. The van der Waals surface area contributed by atoms with Crippen molar-refractivity contribution < 1.29 is 28.6 Å². The van der Waals surface area contributed by atoms with Gasteiger partial charge in [0.15, 0.2) is 0 Å². The summed E-state index contributed by atoms with van der Waals surface area (Å²) in [5.41, 5.74) is 0.368. The minimum Gasteiger partial charge on any atom is -0.509 e. The Bertz CT molecular complexity index is 1080. The quantitative estimate of drug-likeness (QED) is 0.565. The van der Waals surface area contributed by atoms with E-state index in [0.29, 0.717) is 24.1 Å². The van der Waals surface area contributed by atoms with Crippen LogP contribution in [0.15, 0.2) is 47.7 Å². The zero-order valence-corrected chi connectivity index (χ0v) is 17.1. The number of aliphatic hydroxyl groups excluding tert-OH is 1. The Hall–Kier alpha value is -3.42. The van der Waals surface area contributed by atoms with Crippen LogP contribution in [0, 0.1) is 5.82 Å². The summed E-state index contributed by atoms with van der Waals surface area (Å²) in [7, 11) is 0. The molecule has 1 aromatic heterocycles. The molecule has 0 saturated heterocycles. The molecule has 0 unspecified atom stereocenters. The molecule has 2 aromatic rings. The van der Waals surface area contributed by atoms with E-state index in [4.69, 9.17) is 4.74 Å². The van der Waals surface area contributed by atoms with Gasteiger partial charge in [0.1, 0.15) is 29.2 Å². The second-order valence-electron chi connectivity index (χ2n) is 7.73. The van der Waals surface area contributed by atoms with Crippen molar-refractivity contribution >= 4 is 17.7 Å². The SMILES string of the molecule is CCOC(=O)CNC(=O)C1=C(O)C2(CCCC2)n2c(ccc2-c2ccc(F)cc2)C1=O. The fourth-order valence-electron chi connectivity index (χ4n) is 4.58. The first-order chi connectivity index (χ1) is 14.9. The summed E-state index contributed by atoms with van der Waals surface area (Å²) in [5.74, 6) is -2.72. The number of fused-ring (bicyclic) bond motifs is 2. The smallest absolute Gasteiger partial charge is 0.325 e. The van der Waals surface area contributed by atoms with Gasteiger partial charge in [-0.15, -0.1) is 0 Å². The van der Waals surface area contributed by atoms with Gasteiger partial charge in [-0.3, -0.25) is 14.4 Å². The maximum absolute atomic E-state index is 13.4. The molecule has 1 aromatic carbocycles. The first-order valence-electron chi connectivity index (χ1n) is 10.3. The Morgan fingerprint density at radius 1 is 1.13 bits per heavy atom. The van der Waals surface area contributed by atoms with Crippen molar-refractivity contribution in [1.82, 2.24) is 9.88 Å². The van der Waals surface area contributed by atoms with E-state index in [-0.39, 0.29) is 29.5 Å². The lowest BCUT2D eigenvalue weighted by Crippen LogP contribution is -2.45. The van der Waals surface area contributed by atoms with Crippen LogP contribution < -0.4 is 5.32 Å². The summed E-state index contributed by atoms with van der Waals surface area (Å²) in [5, 5.41) is 13.6. The standard InChI is InChI=1S/C23H23FN2O5/c1-2-31-18(27)13-25-22(30)19-20(28)17-10-9-16(14-5-7-15(24)8-6-14)26(17)23(21(19)29)11-3-4-12-23/h5-10,29H,2-4,11-13H2,1H3,(H,25,30). The number of hydrogen-bond donors (Lipinski definition) is 2. The van der Waals surface area contributed by atoms with E-state index >= 15 is 0 Å². The number of halogens is 1. The molecule has 1 spiro atoms. The molecule has 31 heavy (non-hydrogen) atoms. The minimum atomic E-state index is -0.937. The molecular formula is C23H23FN2O5. The Morgan fingerprint density at radius 3 is 2.42 bits per heavy atom. The predicted octanol–water partition coefficient (Wildman–Crippen LogP) is 3.25. The summed E-state index contributed by atoms with van der Waals surface area (Å²) in [6, 6.07) is 9.27. The lowest BCUT2D eigenvalue weighted by Gasteiger charge is -2.38. The van der Waals surface area contributed by atoms with E-state index in [9.17, 15) is 23.9 Å². The van der Waals surface area contributed by atoms with Gasteiger partial charge in [-0.1, -0.05) is 12.8 Å². The highest BCUT2D eigenvalue weighted by molar-refractivity contribution is 6.26. The molecule has 1 amide bonds. The van der Waals surface area contributed by atoms with E-state index in [0.717, 1.165) is 12.8 Å². The van der Waals surface area contributed by atoms with Gasteiger partial charge < -0.3 is 19.7 Å². The molecule has 2 N–H and O–H groups in total. The minimum absolute atomic E-state index is 0.171. The first kappa shape index (κ1) is 20.8. The zero-order chi connectivity index (χ0) is 22.2. The number of nitrogens with zero attached hydrogens (tertiary/aromatic N) is 1. The van der Waals surface area contributed by atoms with Crippen LogP contribution in [0.2, 0.25) is 0 Å². The summed E-state index contributed by atoms with van der Waals surface area (Å²) in [4.78, 5) is 37.6. The second kappa shape index (κ2) is 8.02. The van der Waals surface area contributed by atoms with E-state index in [1.807, 2.05) is 0 Å². The number of esters is 1. The van der Waals surface area contributed by atoms with Crippen LogP contribution in [-0.2, 0) is 19.9 Å². The Kier molecular flexibility index (Phi) is 5.39. The van der Waals surface area contributed by atoms with Gasteiger partial charge in [0.05, 0.1) is 12.3 Å². The maximum Gasteiger partial charge on any atom is 0.325 e. The molecule has 1 aliphatic heterocycles. The molecule has 8 heteroatoms.